The van der Waals surface area contributed by atoms with E-state index in [-0.39, 0.29) is 24.0 Å². The van der Waals surface area contributed by atoms with Crippen LogP contribution >= 0.6 is 11.9 Å². The molecule has 2 aliphatic rings. The highest BCUT2D eigenvalue weighted by atomic mass is 32.2. The van der Waals surface area contributed by atoms with E-state index in [2.05, 4.69) is 28.5 Å². The predicted molar refractivity (Wildman–Crippen MR) is 113 cm³/mol. The van der Waals surface area contributed by atoms with E-state index in [0.29, 0.717) is 18.4 Å². The van der Waals surface area contributed by atoms with E-state index >= 15 is 0 Å². The van der Waals surface area contributed by atoms with Gasteiger partial charge in [0.25, 0.3) is 5.69 Å². The predicted octanol–water partition coefficient (Wildman–Crippen LogP) is 3.64. The van der Waals surface area contributed by atoms with Crippen molar-refractivity contribution in [3.63, 3.8) is 0 Å². The number of nitro groups is 1. The van der Waals surface area contributed by atoms with Crippen LogP contribution in [0.3, 0.4) is 0 Å². The van der Waals surface area contributed by atoms with Gasteiger partial charge in [0.05, 0.1) is 11.0 Å². The van der Waals surface area contributed by atoms with E-state index in [9.17, 15) is 14.9 Å². The van der Waals surface area contributed by atoms with Crippen LogP contribution in [0, 0.1) is 22.0 Å². The number of ether oxygens (including phenoxy) is 2. The number of aromatic nitrogens is 1. The molecule has 2 heterocycles. The van der Waals surface area contributed by atoms with Crippen LogP contribution in [0.15, 0.2) is 23.4 Å². The second-order valence-corrected chi connectivity index (χ2v) is 9.42. The standard InChI is InChI=1S/C20H30N4O5S/c1-14(2)13-23(30-18-9-16(24(26)27)11-21-12-18)6-3-5-22-20(25)29-17-8-15-4-7-28-19(15)10-17/h9,11-12,14-15,17,19H,3-8,10,13H2,1-2H3,(H,22,25)/t15?,17-,19?/m0/s1. The molecule has 3 rings (SSSR count). The van der Waals surface area contributed by atoms with E-state index in [4.69, 9.17) is 9.47 Å². The summed E-state index contributed by atoms with van der Waals surface area (Å²) in [6, 6.07) is 1.53. The number of amides is 1. The molecule has 2 fully saturated rings. The quantitative estimate of drug-likeness (QED) is 0.255. The molecule has 1 saturated heterocycles. The fourth-order valence-corrected chi connectivity index (χ4v) is 5.11. The van der Waals surface area contributed by atoms with Gasteiger partial charge in [-0.1, -0.05) is 13.8 Å². The van der Waals surface area contributed by atoms with Gasteiger partial charge in [0.1, 0.15) is 12.3 Å². The molecule has 0 spiro atoms. The Bertz CT molecular complexity index is 723. The molecule has 1 aliphatic heterocycles. The highest BCUT2D eigenvalue weighted by Crippen LogP contribution is 2.37. The Morgan fingerprint density at radius 3 is 3.03 bits per heavy atom. The lowest BCUT2D eigenvalue weighted by molar-refractivity contribution is -0.385. The van der Waals surface area contributed by atoms with Crippen LogP contribution in [-0.2, 0) is 9.47 Å². The van der Waals surface area contributed by atoms with Crippen molar-refractivity contribution in [3.05, 3.63) is 28.6 Å². The van der Waals surface area contributed by atoms with E-state index in [1.807, 2.05) is 0 Å². The van der Waals surface area contributed by atoms with Gasteiger partial charge in [-0.05, 0) is 43.0 Å². The third-order valence-corrected chi connectivity index (χ3v) is 6.27. The van der Waals surface area contributed by atoms with E-state index in [1.54, 1.807) is 6.20 Å². The molecular formula is C20H30N4O5S. The summed E-state index contributed by atoms with van der Waals surface area (Å²) in [7, 11) is 0. The second-order valence-electron chi connectivity index (χ2n) is 8.25. The monoisotopic (exact) mass is 438 g/mol. The fourth-order valence-electron chi connectivity index (χ4n) is 3.94. The van der Waals surface area contributed by atoms with Crippen LogP contribution in [0.1, 0.15) is 39.5 Å². The molecule has 1 aromatic rings. The van der Waals surface area contributed by atoms with Gasteiger partial charge in [0.15, 0.2) is 0 Å². The summed E-state index contributed by atoms with van der Waals surface area (Å²) in [4.78, 5) is 27.3. The zero-order valence-corrected chi connectivity index (χ0v) is 18.3. The van der Waals surface area contributed by atoms with Crippen LogP contribution in [0.5, 0.6) is 0 Å². The van der Waals surface area contributed by atoms with E-state index < -0.39 is 4.92 Å². The first kappa shape index (κ1) is 22.8. The Labute approximate surface area is 181 Å². The van der Waals surface area contributed by atoms with Crippen molar-refractivity contribution in [3.8, 4) is 0 Å². The number of fused-ring (bicyclic) bond motifs is 1. The number of rotatable bonds is 10. The molecule has 10 heteroatoms. The molecule has 0 radical (unpaired) electrons. The summed E-state index contributed by atoms with van der Waals surface area (Å²) in [6.07, 6.45) is 6.22. The van der Waals surface area contributed by atoms with Crippen molar-refractivity contribution in [2.45, 2.75) is 56.6 Å². The topological polar surface area (TPSA) is 107 Å². The van der Waals surface area contributed by atoms with Crippen LogP contribution in [0.4, 0.5) is 10.5 Å². The molecule has 1 aromatic heterocycles. The third kappa shape index (κ3) is 6.82. The normalized spacial score (nSPS) is 23.0. The lowest BCUT2D eigenvalue weighted by Crippen LogP contribution is -2.31. The zero-order chi connectivity index (χ0) is 21.5. The number of carbonyl (C=O) groups is 1. The van der Waals surface area contributed by atoms with Crippen molar-refractivity contribution in [1.82, 2.24) is 14.6 Å². The molecule has 30 heavy (non-hydrogen) atoms. The molecule has 1 amide bonds. The van der Waals surface area contributed by atoms with Gasteiger partial charge >= 0.3 is 6.09 Å². The van der Waals surface area contributed by atoms with Gasteiger partial charge in [-0.25, -0.2) is 9.10 Å². The molecule has 2 unspecified atom stereocenters. The van der Waals surface area contributed by atoms with Gasteiger partial charge in [-0.3, -0.25) is 15.1 Å². The number of nitrogens with one attached hydrogen (secondary N) is 1. The first-order chi connectivity index (χ1) is 14.4. The number of carbonyl (C=O) groups excluding carboxylic acids is 1. The Morgan fingerprint density at radius 1 is 1.47 bits per heavy atom. The van der Waals surface area contributed by atoms with E-state index in [1.165, 1.54) is 24.2 Å². The highest BCUT2D eigenvalue weighted by Gasteiger charge is 2.40. The molecule has 0 bridgehead atoms. The summed E-state index contributed by atoms with van der Waals surface area (Å²) in [5.41, 5.74) is -0.0182. The first-order valence-corrected chi connectivity index (χ1v) is 11.3. The van der Waals surface area contributed by atoms with Crippen molar-refractivity contribution in [1.29, 1.82) is 0 Å². The molecule has 3 atom stereocenters. The minimum atomic E-state index is -0.441. The maximum Gasteiger partial charge on any atom is 0.407 e. The van der Waals surface area contributed by atoms with Gasteiger partial charge in [-0.2, -0.15) is 0 Å². The number of hydrogen-bond donors (Lipinski definition) is 1. The molecule has 9 nitrogen and oxygen atoms in total. The minimum absolute atomic E-state index is 0.0182. The van der Waals surface area contributed by atoms with Crippen molar-refractivity contribution in [2.24, 2.45) is 11.8 Å². The van der Waals surface area contributed by atoms with Crippen LogP contribution in [0.2, 0.25) is 0 Å². The van der Waals surface area contributed by atoms with Crippen molar-refractivity contribution in [2.75, 3.05) is 26.2 Å². The lowest BCUT2D eigenvalue weighted by Gasteiger charge is -2.23. The number of hydrogen-bond acceptors (Lipinski definition) is 8. The van der Waals surface area contributed by atoms with Gasteiger partial charge < -0.3 is 14.8 Å². The molecule has 1 aliphatic carbocycles. The number of pyridine rings is 1. The largest absolute Gasteiger partial charge is 0.446 e. The number of alkyl carbamates (subject to hydrolysis) is 1. The highest BCUT2D eigenvalue weighted by molar-refractivity contribution is 7.97. The van der Waals surface area contributed by atoms with Crippen LogP contribution in [-0.4, -0.2) is 58.8 Å². The number of nitrogens with zero attached hydrogens (tertiary/aromatic N) is 3. The average Bonchev–Trinajstić information content (AvgIpc) is 3.26. The maximum absolute atomic E-state index is 12.1. The smallest absolute Gasteiger partial charge is 0.407 e. The Morgan fingerprint density at radius 2 is 2.30 bits per heavy atom. The molecule has 1 N–H and O–H groups in total. The molecule has 166 valence electrons. The SMILES string of the molecule is CC(C)CN(CCCNC(=O)O[C@H]1CC2CCOC2C1)Sc1cncc([N+](=O)[O-])c1. The van der Waals surface area contributed by atoms with Gasteiger partial charge in [0.2, 0.25) is 0 Å². The van der Waals surface area contributed by atoms with Crippen molar-refractivity contribution >= 4 is 23.7 Å². The first-order valence-electron chi connectivity index (χ1n) is 10.5. The molecule has 1 saturated carbocycles. The van der Waals surface area contributed by atoms with Gasteiger partial charge in [0, 0.05) is 49.8 Å². The lowest BCUT2D eigenvalue weighted by atomic mass is 10.1. The minimum Gasteiger partial charge on any atom is -0.446 e. The average molecular weight is 439 g/mol. The third-order valence-electron chi connectivity index (χ3n) is 5.25. The van der Waals surface area contributed by atoms with Gasteiger partial charge in [-0.15, -0.1) is 0 Å². The second kappa shape index (κ2) is 10.9. The zero-order valence-electron chi connectivity index (χ0n) is 17.5. The van der Waals surface area contributed by atoms with E-state index in [0.717, 1.165) is 50.3 Å². The van der Waals surface area contributed by atoms with Crippen molar-refractivity contribution < 1.29 is 19.2 Å². The Kier molecular flexibility index (Phi) is 8.29. The molecule has 0 aromatic carbocycles. The summed E-state index contributed by atoms with van der Waals surface area (Å²) < 4.78 is 13.3. The van der Waals surface area contributed by atoms with Crippen LogP contribution < -0.4 is 5.32 Å². The Hall–Kier alpha value is -1.91. The maximum atomic E-state index is 12.1. The Balaban J connectivity index is 1.39. The summed E-state index contributed by atoms with van der Waals surface area (Å²) >= 11 is 1.45. The summed E-state index contributed by atoms with van der Waals surface area (Å²) in [5.74, 6) is 0.971. The fraction of sp³-hybridized carbons (Fsp3) is 0.700. The van der Waals surface area contributed by atoms with Crippen LogP contribution in [0.25, 0.3) is 0 Å². The molecular weight excluding hydrogens is 408 g/mol. The summed E-state index contributed by atoms with van der Waals surface area (Å²) in [5, 5.41) is 13.8. The summed E-state index contributed by atoms with van der Waals surface area (Å²) in [6.45, 7) is 7.13.